The van der Waals surface area contributed by atoms with Gasteiger partial charge in [0, 0.05) is 17.6 Å². The predicted molar refractivity (Wildman–Crippen MR) is 105 cm³/mol. The molecule has 0 aliphatic heterocycles. The van der Waals surface area contributed by atoms with E-state index in [1.54, 1.807) is 18.2 Å². The van der Waals surface area contributed by atoms with Crippen LogP contribution in [0.2, 0.25) is 5.02 Å². The van der Waals surface area contributed by atoms with Crippen LogP contribution in [0.3, 0.4) is 0 Å². The number of fused-ring (bicyclic) bond motifs is 1. The number of rotatable bonds is 6. The number of alkyl halides is 6. The van der Waals surface area contributed by atoms with Crippen LogP contribution >= 0.6 is 11.6 Å². The minimum absolute atomic E-state index is 0.0255. The van der Waals surface area contributed by atoms with Crippen molar-refractivity contribution in [3.8, 4) is 17.3 Å². The fourth-order valence-corrected chi connectivity index (χ4v) is 3.29. The van der Waals surface area contributed by atoms with Crippen molar-refractivity contribution in [3.05, 3.63) is 52.5 Å². The number of anilines is 1. The van der Waals surface area contributed by atoms with Gasteiger partial charge in [-0.25, -0.2) is 0 Å². The van der Waals surface area contributed by atoms with Crippen LogP contribution in [-0.4, -0.2) is 33.4 Å². The molecule has 0 aliphatic rings. The van der Waals surface area contributed by atoms with Gasteiger partial charge in [0.05, 0.1) is 10.6 Å². The fraction of sp³-hybridized carbons (Fsp3) is 0.211. The first kappa shape index (κ1) is 22.7. The number of benzene rings is 2. The predicted octanol–water partition coefficient (Wildman–Crippen LogP) is 5.84. The molecule has 174 valence electrons. The third-order valence-corrected chi connectivity index (χ3v) is 4.65. The Kier molecular flexibility index (Phi) is 5.82. The number of ether oxygens (including phenoxy) is 1. The Hall–Kier alpha value is -3.48. The average molecular weight is 492 g/mol. The second kappa shape index (κ2) is 8.46. The van der Waals surface area contributed by atoms with Crippen LogP contribution in [0.15, 0.2) is 40.8 Å². The van der Waals surface area contributed by atoms with Crippen molar-refractivity contribution in [1.82, 2.24) is 20.6 Å². The highest BCUT2D eigenvalue weighted by atomic mass is 35.5. The number of halogens is 7. The highest BCUT2D eigenvalue weighted by molar-refractivity contribution is 6.35. The summed E-state index contributed by atoms with van der Waals surface area (Å²) in [6.07, 6.45) is -9.68. The van der Waals surface area contributed by atoms with Crippen molar-refractivity contribution in [3.63, 3.8) is 0 Å². The molecule has 0 unspecified atom stereocenters. The lowest BCUT2D eigenvalue weighted by Crippen LogP contribution is -2.21. The zero-order chi connectivity index (χ0) is 23.8. The quantitative estimate of drug-likeness (QED) is 0.329. The number of nitrogens with one attached hydrogen (secondary N) is 2. The molecule has 2 aromatic heterocycles. The minimum Gasteiger partial charge on any atom is -0.483 e. The maximum absolute atomic E-state index is 13.3. The zero-order valence-electron chi connectivity index (χ0n) is 16.2. The third kappa shape index (κ3) is 5.30. The summed E-state index contributed by atoms with van der Waals surface area (Å²) in [7, 11) is 0. The van der Waals surface area contributed by atoms with Gasteiger partial charge in [-0.05, 0) is 47.2 Å². The van der Waals surface area contributed by atoms with Gasteiger partial charge in [-0.1, -0.05) is 11.6 Å². The topological polar surface area (TPSA) is 88.9 Å². The lowest BCUT2D eigenvalue weighted by atomic mass is 10.1. The standard InChI is InChI=1S/C19H12ClF6N5O2/c20-13-4-9(3-10-5-15(33-16(10)13)17-28-30-31-29-17)7-27-11-1-2-14(32-8-18(21,22)23)12(6-11)19(24,25)26/h1-6,27H,7-8H2,(H,28,29,30,31). The Morgan fingerprint density at radius 3 is 2.52 bits per heavy atom. The number of hydrogen-bond donors (Lipinski definition) is 2. The van der Waals surface area contributed by atoms with Gasteiger partial charge in [0.1, 0.15) is 5.75 Å². The second-order valence-electron chi connectivity index (χ2n) is 6.81. The summed E-state index contributed by atoms with van der Waals surface area (Å²) in [5.41, 5.74) is -0.327. The van der Waals surface area contributed by atoms with Gasteiger partial charge in [-0.2, -0.15) is 31.6 Å². The summed E-state index contributed by atoms with van der Waals surface area (Å²) in [6, 6.07) is 7.59. The first-order valence-electron chi connectivity index (χ1n) is 9.10. The normalized spacial score (nSPS) is 12.3. The highest BCUT2D eigenvalue weighted by Gasteiger charge is 2.36. The molecular weight excluding hydrogens is 480 g/mol. The summed E-state index contributed by atoms with van der Waals surface area (Å²) < 4.78 is 86.9. The monoisotopic (exact) mass is 491 g/mol. The van der Waals surface area contributed by atoms with E-state index < -0.39 is 30.3 Å². The fourth-order valence-electron chi connectivity index (χ4n) is 3.00. The van der Waals surface area contributed by atoms with E-state index in [0.29, 0.717) is 28.4 Å². The van der Waals surface area contributed by atoms with Crippen LogP contribution in [0.1, 0.15) is 11.1 Å². The molecule has 0 saturated heterocycles. The van der Waals surface area contributed by atoms with Crippen LogP contribution < -0.4 is 10.1 Å². The highest BCUT2D eigenvalue weighted by Crippen LogP contribution is 2.39. The van der Waals surface area contributed by atoms with Gasteiger partial charge in [0.2, 0.25) is 5.82 Å². The maximum Gasteiger partial charge on any atom is 0.422 e. The summed E-state index contributed by atoms with van der Waals surface area (Å²) in [5.74, 6) is -0.383. The molecule has 2 heterocycles. The molecule has 0 saturated carbocycles. The Labute approximate surface area is 185 Å². The van der Waals surface area contributed by atoms with Crippen molar-refractivity contribution in [1.29, 1.82) is 0 Å². The lowest BCUT2D eigenvalue weighted by Gasteiger charge is -2.17. The summed E-state index contributed by atoms with van der Waals surface area (Å²) in [5, 5.41) is 17.0. The minimum atomic E-state index is -4.91. The van der Waals surface area contributed by atoms with E-state index >= 15 is 0 Å². The van der Waals surface area contributed by atoms with Gasteiger partial charge < -0.3 is 14.5 Å². The maximum atomic E-state index is 13.3. The molecule has 2 aromatic carbocycles. The van der Waals surface area contributed by atoms with Crippen LogP contribution in [-0.2, 0) is 12.7 Å². The zero-order valence-corrected chi connectivity index (χ0v) is 16.9. The Balaban J connectivity index is 1.54. The SMILES string of the molecule is FC(F)(F)COc1ccc(NCc2cc(Cl)c3oc(-c4nn[nH]n4)cc3c2)cc1C(F)(F)F. The van der Waals surface area contributed by atoms with Crippen LogP contribution in [0.25, 0.3) is 22.6 Å². The van der Waals surface area contributed by atoms with Crippen molar-refractivity contribution in [2.75, 3.05) is 11.9 Å². The molecule has 7 nitrogen and oxygen atoms in total. The number of H-pyrrole nitrogens is 1. The molecule has 14 heteroatoms. The van der Waals surface area contributed by atoms with E-state index in [9.17, 15) is 26.3 Å². The smallest absolute Gasteiger partial charge is 0.422 e. The van der Waals surface area contributed by atoms with Crippen molar-refractivity contribution in [2.45, 2.75) is 18.9 Å². The Bertz CT molecular complexity index is 1270. The summed E-state index contributed by atoms with van der Waals surface area (Å²) >= 11 is 6.25. The largest absolute Gasteiger partial charge is 0.483 e. The number of aromatic nitrogens is 4. The Morgan fingerprint density at radius 2 is 1.85 bits per heavy atom. The van der Waals surface area contributed by atoms with Crippen LogP contribution in [0.4, 0.5) is 32.0 Å². The number of tetrazole rings is 1. The molecule has 0 radical (unpaired) electrons. The molecule has 0 bridgehead atoms. The third-order valence-electron chi connectivity index (χ3n) is 4.37. The van der Waals surface area contributed by atoms with Crippen molar-refractivity contribution in [2.24, 2.45) is 0 Å². The van der Waals surface area contributed by atoms with Crippen LogP contribution in [0.5, 0.6) is 5.75 Å². The second-order valence-corrected chi connectivity index (χ2v) is 7.22. The van der Waals surface area contributed by atoms with Gasteiger partial charge in [-0.3, -0.25) is 0 Å². The molecule has 2 N–H and O–H groups in total. The number of nitrogens with zero attached hydrogens (tertiary/aromatic N) is 3. The first-order valence-corrected chi connectivity index (χ1v) is 9.48. The molecule has 33 heavy (non-hydrogen) atoms. The van der Waals surface area contributed by atoms with Gasteiger partial charge in [-0.15, -0.1) is 10.2 Å². The molecule has 0 spiro atoms. The molecule has 0 amide bonds. The van der Waals surface area contributed by atoms with Gasteiger partial charge >= 0.3 is 12.4 Å². The number of furan rings is 1. The van der Waals surface area contributed by atoms with E-state index in [1.165, 1.54) is 6.07 Å². The molecule has 0 aliphatic carbocycles. The first-order chi connectivity index (χ1) is 15.5. The lowest BCUT2D eigenvalue weighted by molar-refractivity contribution is -0.158. The van der Waals surface area contributed by atoms with E-state index in [4.69, 9.17) is 16.0 Å². The molecule has 0 fully saturated rings. The Morgan fingerprint density at radius 1 is 1.06 bits per heavy atom. The average Bonchev–Trinajstić information content (AvgIpc) is 3.39. The van der Waals surface area contributed by atoms with E-state index in [1.807, 2.05) is 0 Å². The van der Waals surface area contributed by atoms with E-state index in [0.717, 1.165) is 6.07 Å². The van der Waals surface area contributed by atoms with Gasteiger partial charge in [0.25, 0.3) is 0 Å². The summed E-state index contributed by atoms with van der Waals surface area (Å²) in [4.78, 5) is 0. The van der Waals surface area contributed by atoms with Crippen molar-refractivity contribution >= 4 is 28.3 Å². The molecule has 0 atom stereocenters. The van der Waals surface area contributed by atoms with Gasteiger partial charge in [0.15, 0.2) is 18.0 Å². The van der Waals surface area contributed by atoms with E-state index in [2.05, 4.69) is 30.7 Å². The van der Waals surface area contributed by atoms with E-state index in [-0.39, 0.29) is 23.1 Å². The molecule has 4 aromatic rings. The number of hydrogen-bond acceptors (Lipinski definition) is 6. The molecular formula is C19H12ClF6N5O2. The number of aromatic amines is 1. The summed E-state index contributed by atoms with van der Waals surface area (Å²) in [6.45, 7) is -1.77. The molecule has 4 rings (SSSR count). The van der Waals surface area contributed by atoms with Crippen LogP contribution in [0, 0.1) is 0 Å². The van der Waals surface area contributed by atoms with Crippen molar-refractivity contribution < 1.29 is 35.5 Å².